The van der Waals surface area contributed by atoms with Crippen molar-refractivity contribution >= 4 is 0 Å². The molecule has 2 heteroatoms. The molecule has 2 unspecified atom stereocenters. The van der Waals surface area contributed by atoms with Gasteiger partial charge in [0.15, 0.2) is 0 Å². The van der Waals surface area contributed by atoms with E-state index in [9.17, 15) is 0 Å². The summed E-state index contributed by atoms with van der Waals surface area (Å²) in [6.07, 6.45) is 1.82. The predicted octanol–water partition coefficient (Wildman–Crippen LogP) is 1.51. The van der Waals surface area contributed by atoms with Crippen LogP contribution in [0.5, 0.6) is 0 Å². The molecule has 0 radical (unpaired) electrons. The van der Waals surface area contributed by atoms with Crippen molar-refractivity contribution in [1.82, 2.24) is 4.90 Å². The van der Waals surface area contributed by atoms with E-state index < -0.39 is 0 Å². The fourth-order valence-corrected chi connectivity index (χ4v) is 2.23. The van der Waals surface area contributed by atoms with Gasteiger partial charge in [-0.05, 0) is 27.2 Å². The highest BCUT2D eigenvalue weighted by Gasteiger charge is 2.40. The maximum Gasteiger partial charge on any atom is 0.0743 e. The highest BCUT2D eigenvalue weighted by Crippen LogP contribution is 2.32. The molecule has 0 aromatic rings. The first-order valence-corrected chi connectivity index (χ1v) is 4.94. The van der Waals surface area contributed by atoms with E-state index >= 15 is 0 Å². The zero-order valence-electron chi connectivity index (χ0n) is 8.34. The lowest BCUT2D eigenvalue weighted by molar-refractivity contribution is 0.0794. The van der Waals surface area contributed by atoms with E-state index in [0.717, 1.165) is 19.1 Å². The Labute approximate surface area is 74.9 Å². The van der Waals surface area contributed by atoms with Gasteiger partial charge in [0, 0.05) is 31.2 Å². The molecule has 0 N–H and O–H groups in total. The standard InChI is InChI=1S/C10H19NO/c1-10(2,3)11-6-8-4-5-12-9(8)7-11/h8-9H,4-7H2,1-3H3. The van der Waals surface area contributed by atoms with Gasteiger partial charge in [-0.25, -0.2) is 0 Å². The number of fused-ring (bicyclic) bond motifs is 1. The van der Waals surface area contributed by atoms with Crippen molar-refractivity contribution in [2.45, 2.75) is 38.8 Å². The summed E-state index contributed by atoms with van der Waals surface area (Å²) in [5.41, 5.74) is 0.327. The summed E-state index contributed by atoms with van der Waals surface area (Å²) in [6, 6.07) is 0. The number of nitrogens with zero attached hydrogens (tertiary/aromatic N) is 1. The number of rotatable bonds is 0. The zero-order chi connectivity index (χ0) is 8.77. The molecule has 70 valence electrons. The molecule has 2 heterocycles. The van der Waals surface area contributed by atoms with Gasteiger partial charge in [0.25, 0.3) is 0 Å². The van der Waals surface area contributed by atoms with Crippen molar-refractivity contribution in [1.29, 1.82) is 0 Å². The van der Waals surface area contributed by atoms with Gasteiger partial charge in [-0.2, -0.15) is 0 Å². The third-order valence-corrected chi connectivity index (χ3v) is 3.15. The summed E-state index contributed by atoms with van der Waals surface area (Å²) >= 11 is 0. The number of ether oxygens (including phenoxy) is 1. The molecule has 2 fully saturated rings. The van der Waals surface area contributed by atoms with E-state index in [1.54, 1.807) is 0 Å². The van der Waals surface area contributed by atoms with Crippen molar-refractivity contribution in [2.75, 3.05) is 19.7 Å². The highest BCUT2D eigenvalue weighted by atomic mass is 16.5. The average Bonchev–Trinajstić information content (AvgIpc) is 2.37. The molecule has 2 nitrogen and oxygen atoms in total. The van der Waals surface area contributed by atoms with Crippen LogP contribution in [0.4, 0.5) is 0 Å². The Morgan fingerprint density at radius 1 is 1.25 bits per heavy atom. The molecule has 12 heavy (non-hydrogen) atoms. The van der Waals surface area contributed by atoms with Crippen LogP contribution < -0.4 is 0 Å². The Kier molecular flexibility index (Phi) is 1.92. The molecule has 0 aromatic carbocycles. The summed E-state index contributed by atoms with van der Waals surface area (Å²) in [6.45, 7) is 10.2. The Balaban J connectivity index is 1.99. The molecule has 2 saturated heterocycles. The van der Waals surface area contributed by atoms with Crippen LogP contribution in [0.15, 0.2) is 0 Å². The summed E-state index contributed by atoms with van der Waals surface area (Å²) in [7, 11) is 0. The van der Waals surface area contributed by atoms with Gasteiger partial charge in [-0.1, -0.05) is 0 Å². The van der Waals surface area contributed by atoms with Gasteiger partial charge in [0.2, 0.25) is 0 Å². The Hall–Kier alpha value is -0.0800. The van der Waals surface area contributed by atoms with Gasteiger partial charge >= 0.3 is 0 Å². The van der Waals surface area contributed by atoms with Crippen LogP contribution in [0.2, 0.25) is 0 Å². The first kappa shape index (κ1) is 8.52. The molecule has 0 bridgehead atoms. The molecule has 0 aliphatic carbocycles. The lowest BCUT2D eigenvalue weighted by atomic mass is 10.1. The van der Waals surface area contributed by atoms with Crippen LogP contribution in [0.3, 0.4) is 0 Å². The Morgan fingerprint density at radius 2 is 2.00 bits per heavy atom. The minimum Gasteiger partial charge on any atom is -0.377 e. The average molecular weight is 169 g/mol. The van der Waals surface area contributed by atoms with Crippen LogP contribution in [-0.2, 0) is 4.74 Å². The summed E-state index contributed by atoms with van der Waals surface area (Å²) < 4.78 is 5.66. The summed E-state index contributed by atoms with van der Waals surface area (Å²) in [4.78, 5) is 2.54. The molecular formula is C10H19NO. The molecule has 2 rings (SSSR count). The monoisotopic (exact) mass is 169 g/mol. The molecule has 0 amide bonds. The van der Waals surface area contributed by atoms with Gasteiger partial charge in [0.05, 0.1) is 6.10 Å². The molecule has 2 aliphatic rings. The maximum atomic E-state index is 5.66. The Bertz CT molecular complexity index is 161. The lowest BCUT2D eigenvalue weighted by Gasteiger charge is -2.32. The van der Waals surface area contributed by atoms with Crippen molar-refractivity contribution in [3.05, 3.63) is 0 Å². The molecule has 2 aliphatic heterocycles. The normalized spacial score (nSPS) is 37.2. The van der Waals surface area contributed by atoms with Crippen LogP contribution in [0.25, 0.3) is 0 Å². The minimum absolute atomic E-state index is 0.327. The van der Waals surface area contributed by atoms with Crippen LogP contribution >= 0.6 is 0 Å². The molecular weight excluding hydrogens is 150 g/mol. The van der Waals surface area contributed by atoms with Crippen LogP contribution in [0.1, 0.15) is 27.2 Å². The van der Waals surface area contributed by atoms with E-state index in [0.29, 0.717) is 11.6 Å². The maximum absolute atomic E-state index is 5.66. The van der Waals surface area contributed by atoms with E-state index in [1.807, 2.05) is 0 Å². The van der Waals surface area contributed by atoms with Gasteiger partial charge in [-0.3, -0.25) is 4.90 Å². The zero-order valence-corrected chi connectivity index (χ0v) is 8.34. The molecule has 0 spiro atoms. The number of hydrogen-bond donors (Lipinski definition) is 0. The highest BCUT2D eigenvalue weighted by molar-refractivity contribution is 4.93. The predicted molar refractivity (Wildman–Crippen MR) is 49.2 cm³/mol. The Morgan fingerprint density at radius 3 is 2.58 bits per heavy atom. The van der Waals surface area contributed by atoms with Gasteiger partial charge in [0.1, 0.15) is 0 Å². The van der Waals surface area contributed by atoms with Crippen molar-refractivity contribution < 1.29 is 4.74 Å². The topological polar surface area (TPSA) is 12.5 Å². The van der Waals surface area contributed by atoms with Gasteiger partial charge < -0.3 is 4.74 Å². The van der Waals surface area contributed by atoms with Crippen LogP contribution in [0, 0.1) is 5.92 Å². The fraction of sp³-hybridized carbons (Fsp3) is 1.00. The summed E-state index contributed by atoms with van der Waals surface area (Å²) in [5.74, 6) is 0.823. The van der Waals surface area contributed by atoms with E-state index in [1.165, 1.54) is 13.0 Å². The van der Waals surface area contributed by atoms with E-state index in [2.05, 4.69) is 25.7 Å². The molecule has 0 aromatic heterocycles. The number of likely N-dealkylation sites (tertiary alicyclic amines) is 1. The lowest BCUT2D eigenvalue weighted by Crippen LogP contribution is -2.40. The SMILES string of the molecule is CC(C)(C)N1CC2CCOC2C1. The van der Waals surface area contributed by atoms with Crippen molar-refractivity contribution in [2.24, 2.45) is 5.92 Å². The first-order chi connectivity index (χ1) is 5.57. The first-order valence-electron chi connectivity index (χ1n) is 4.94. The molecule has 2 atom stereocenters. The molecule has 0 saturated carbocycles. The second-order valence-corrected chi connectivity index (χ2v) is 5.03. The minimum atomic E-state index is 0.327. The van der Waals surface area contributed by atoms with Crippen molar-refractivity contribution in [3.8, 4) is 0 Å². The second-order valence-electron chi connectivity index (χ2n) is 5.03. The van der Waals surface area contributed by atoms with E-state index in [-0.39, 0.29) is 0 Å². The van der Waals surface area contributed by atoms with Crippen LogP contribution in [-0.4, -0.2) is 36.2 Å². The summed E-state index contributed by atoms with van der Waals surface area (Å²) in [5, 5.41) is 0. The van der Waals surface area contributed by atoms with Crippen molar-refractivity contribution in [3.63, 3.8) is 0 Å². The fourth-order valence-electron chi connectivity index (χ4n) is 2.23. The second kappa shape index (κ2) is 2.71. The smallest absolute Gasteiger partial charge is 0.0743 e. The largest absolute Gasteiger partial charge is 0.377 e. The number of hydrogen-bond acceptors (Lipinski definition) is 2. The van der Waals surface area contributed by atoms with E-state index in [4.69, 9.17) is 4.74 Å². The quantitative estimate of drug-likeness (QED) is 0.545. The third-order valence-electron chi connectivity index (χ3n) is 3.15. The van der Waals surface area contributed by atoms with Gasteiger partial charge in [-0.15, -0.1) is 0 Å². The third kappa shape index (κ3) is 1.38.